The van der Waals surface area contributed by atoms with Crippen molar-refractivity contribution in [3.63, 3.8) is 0 Å². The number of hydrogen-bond acceptors (Lipinski definition) is 2. The molecule has 0 fully saturated rings. The van der Waals surface area contributed by atoms with Gasteiger partial charge in [0.05, 0.1) is 6.04 Å². The molecule has 0 spiro atoms. The molecule has 5 nitrogen and oxygen atoms in total. The van der Waals surface area contributed by atoms with Crippen molar-refractivity contribution in [1.82, 2.24) is 14.9 Å². The maximum atomic E-state index is 14.2. The fourth-order valence-electron chi connectivity index (χ4n) is 4.61. The number of carbonyl (C=O) groups excluding carboxylic acids is 1. The van der Waals surface area contributed by atoms with Crippen molar-refractivity contribution in [2.75, 3.05) is 11.9 Å². The number of amides is 2. The summed E-state index contributed by atoms with van der Waals surface area (Å²) in [6.07, 6.45) is 2.32. The highest BCUT2D eigenvalue weighted by atomic mass is 19.2. The molecule has 1 aliphatic heterocycles. The van der Waals surface area contributed by atoms with Crippen LogP contribution in [0.15, 0.2) is 54.7 Å². The second-order valence-corrected chi connectivity index (χ2v) is 8.24. The zero-order valence-corrected chi connectivity index (χ0v) is 17.7. The number of benzene rings is 2. The first-order chi connectivity index (χ1) is 15.4. The van der Waals surface area contributed by atoms with Crippen LogP contribution >= 0.6 is 0 Å². The summed E-state index contributed by atoms with van der Waals surface area (Å²) in [7, 11) is 0. The summed E-state index contributed by atoms with van der Waals surface area (Å²) in [5.74, 6) is -1.87. The minimum Gasteiger partial charge on any atom is -0.341 e. The molecule has 4 aromatic rings. The lowest BCUT2D eigenvalue weighted by molar-refractivity contribution is 0.193. The molecule has 2 N–H and O–H groups in total. The number of pyridine rings is 1. The van der Waals surface area contributed by atoms with E-state index in [2.05, 4.69) is 15.3 Å². The molecule has 1 atom stereocenters. The smallest absolute Gasteiger partial charge is 0.322 e. The Bertz CT molecular complexity index is 1330. The molecule has 7 heteroatoms. The van der Waals surface area contributed by atoms with Crippen molar-refractivity contribution in [3.05, 3.63) is 94.3 Å². The number of halogens is 2. The molecule has 3 heterocycles. The Hall–Kier alpha value is -3.74. The SMILES string of the molecule is Cc1cc(C)cc(NC(=O)N2CCc3c([nH]c4ncccc34)C2c2ccc(F)c(F)c2)c1. The largest absolute Gasteiger partial charge is 0.341 e. The van der Waals surface area contributed by atoms with E-state index in [1.165, 1.54) is 6.07 Å². The van der Waals surface area contributed by atoms with Gasteiger partial charge in [-0.15, -0.1) is 0 Å². The molecule has 32 heavy (non-hydrogen) atoms. The van der Waals surface area contributed by atoms with Gasteiger partial charge in [0, 0.05) is 29.5 Å². The molecule has 2 aromatic heterocycles. The van der Waals surface area contributed by atoms with E-state index in [1.807, 2.05) is 44.2 Å². The number of hydrogen-bond donors (Lipinski definition) is 2. The number of nitrogens with one attached hydrogen (secondary N) is 2. The van der Waals surface area contributed by atoms with Gasteiger partial charge in [0.1, 0.15) is 5.65 Å². The summed E-state index contributed by atoms with van der Waals surface area (Å²) in [5, 5.41) is 3.95. The maximum absolute atomic E-state index is 14.2. The molecule has 5 rings (SSSR count). The average molecular weight is 432 g/mol. The van der Waals surface area contributed by atoms with Gasteiger partial charge in [0.15, 0.2) is 11.6 Å². The Morgan fingerprint density at radius 1 is 1.09 bits per heavy atom. The van der Waals surface area contributed by atoms with Crippen LogP contribution in [-0.2, 0) is 6.42 Å². The first kappa shape index (κ1) is 20.2. The van der Waals surface area contributed by atoms with Crippen molar-refractivity contribution >= 4 is 22.8 Å². The normalized spacial score (nSPS) is 15.6. The third-order valence-corrected chi connectivity index (χ3v) is 5.89. The Morgan fingerprint density at radius 3 is 2.62 bits per heavy atom. The lowest BCUT2D eigenvalue weighted by Gasteiger charge is -2.36. The summed E-state index contributed by atoms with van der Waals surface area (Å²) in [6, 6.07) is 12.5. The summed E-state index contributed by atoms with van der Waals surface area (Å²) in [6.45, 7) is 4.37. The molecule has 0 radical (unpaired) electrons. The number of urea groups is 1. The van der Waals surface area contributed by atoms with Crippen LogP contribution in [0.4, 0.5) is 19.3 Å². The Morgan fingerprint density at radius 2 is 1.88 bits per heavy atom. The van der Waals surface area contributed by atoms with Crippen LogP contribution in [0, 0.1) is 25.5 Å². The third-order valence-electron chi connectivity index (χ3n) is 5.89. The zero-order chi connectivity index (χ0) is 22.4. The molecule has 2 amide bonds. The Balaban J connectivity index is 1.59. The lowest BCUT2D eigenvalue weighted by Crippen LogP contribution is -2.43. The van der Waals surface area contributed by atoms with E-state index in [9.17, 15) is 13.6 Å². The second-order valence-electron chi connectivity index (χ2n) is 8.24. The third kappa shape index (κ3) is 3.49. The highest BCUT2D eigenvalue weighted by Crippen LogP contribution is 2.38. The van der Waals surface area contributed by atoms with Crippen LogP contribution in [0.25, 0.3) is 11.0 Å². The van der Waals surface area contributed by atoms with Crippen LogP contribution in [0.5, 0.6) is 0 Å². The first-order valence-corrected chi connectivity index (χ1v) is 10.5. The standard InChI is InChI=1S/C25H22F2N4O/c1-14-10-15(2)12-17(11-14)29-25(32)31-9-7-18-19-4-3-8-28-24(19)30-22(18)23(31)16-5-6-20(26)21(27)13-16/h3-6,8,10-13,23H,7,9H2,1-2H3,(H,28,30)(H,29,32). The van der Waals surface area contributed by atoms with Gasteiger partial charge in [-0.25, -0.2) is 18.6 Å². The predicted octanol–water partition coefficient (Wildman–Crippen LogP) is 5.64. The van der Waals surface area contributed by atoms with E-state index in [0.717, 1.165) is 39.9 Å². The van der Waals surface area contributed by atoms with E-state index in [1.54, 1.807) is 11.1 Å². The van der Waals surface area contributed by atoms with Gasteiger partial charge >= 0.3 is 6.03 Å². The summed E-state index contributed by atoms with van der Waals surface area (Å²) in [5.41, 5.74) is 5.79. The van der Waals surface area contributed by atoms with E-state index in [4.69, 9.17) is 0 Å². The minimum atomic E-state index is -0.946. The molecule has 1 unspecified atom stereocenters. The summed E-state index contributed by atoms with van der Waals surface area (Å²) < 4.78 is 27.8. The van der Waals surface area contributed by atoms with Crippen molar-refractivity contribution in [2.45, 2.75) is 26.3 Å². The number of nitrogens with zero attached hydrogens (tertiary/aromatic N) is 2. The fraction of sp³-hybridized carbons (Fsp3) is 0.200. The first-order valence-electron chi connectivity index (χ1n) is 10.5. The molecule has 0 bridgehead atoms. The van der Waals surface area contributed by atoms with E-state index in [0.29, 0.717) is 29.9 Å². The number of H-pyrrole nitrogens is 1. The second kappa shape index (κ2) is 7.75. The molecule has 2 aromatic carbocycles. The van der Waals surface area contributed by atoms with Crippen LogP contribution in [0.2, 0.25) is 0 Å². The highest BCUT2D eigenvalue weighted by molar-refractivity contribution is 5.91. The van der Waals surface area contributed by atoms with Gasteiger partial charge in [-0.2, -0.15) is 0 Å². The number of anilines is 1. The van der Waals surface area contributed by atoms with Crippen molar-refractivity contribution < 1.29 is 13.6 Å². The van der Waals surface area contributed by atoms with Gasteiger partial charge in [0.2, 0.25) is 0 Å². The maximum Gasteiger partial charge on any atom is 0.322 e. The predicted molar refractivity (Wildman–Crippen MR) is 120 cm³/mol. The molecule has 1 aliphatic rings. The number of aromatic nitrogens is 2. The van der Waals surface area contributed by atoms with E-state index < -0.39 is 17.7 Å². The summed E-state index contributed by atoms with van der Waals surface area (Å²) >= 11 is 0. The average Bonchev–Trinajstić information content (AvgIpc) is 3.13. The highest BCUT2D eigenvalue weighted by Gasteiger charge is 2.35. The van der Waals surface area contributed by atoms with Crippen molar-refractivity contribution in [2.24, 2.45) is 0 Å². The fourth-order valence-corrected chi connectivity index (χ4v) is 4.61. The molecule has 162 valence electrons. The van der Waals surface area contributed by atoms with E-state index in [-0.39, 0.29) is 6.03 Å². The zero-order valence-electron chi connectivity index (χ0n) is 17.7. The number of carbonyl (C=O) groups is 1. The van der Waals surface area contributed by atoms with Crippen molar-refractivity contribution in [3.8, 4) is 0 Å². The van der Waals surface area contributed by atoms with Gasteiger partial charge in [-0.3, -0.25) is 0 Å². The Kier molecular flexibility index (Phi) is 4.89. The number of aryl methyl sites for hydroxylation is 2. The van der Waals surface area contributed by atoms with E-state index >= 15 is 0 Å². The quantitative estimate of drug-likeness (QED) is 0.431. The topological polar surface area (TPSA) is 61.0 Å². The summed E-state index contributed by atoms with van der Waals surface area (Å²) in [4.78, 5) is 22.7. The van der Waals surface area contributed by atoms with Crippen LogP contribution in [0.3, 0.4) is 0 Å². The lowest BCUT2D eigenvalue weighted by atomic mass is 9.92. The number of aromatic amines is 1. The van der Waals surface area contributed by atoms with Crippen molar-refractivity contribution in [1.29, 1.82) is 0 Å². The van der Waals surface area contributed by atoms with Crippen LogP contribution in [-0.4, -0.2) is 27.4 Å². The Labute approximate surface area is 184 Å². The van der Waals surface area contributed by atoms with Gasteiger partial charge in [-0.1, -0.05) is 12.1 Å². The molecule has 0 saturated carbocycles. The number of fused-ring (bicyclic) bond motifs is 3. The minimum absolute atomic E-state index is 0.304. The van der Waals surface area contributed by atoms with Gasteiger partial charge < -0.3 is 15.2 Å². The molecular weight excluding hydrogens is 410 g/mol. The van der Waals surface area contributed by atoms with Crippen LogP contribution in [0.1, 0.15) is 34.0 Å². The molecule has 0 saturated heterocycles. The van der Waals surface area contributed by atoms with Gasteiger partial charge in [-0.05, 0) is 78.9 Å². The molecular formula is C25H22F2N4O. The molecule has 0 aliphatic carbocycles. The van der Waals surface area contributed by atoms with Crippen LogP contribution < -0.4 is 5.32 Å². The monoisotopic (exact) mass is 432 g/mol. The van der Waals surface area contributed by atoms with Gasteiger partial charge in [0.25, 0.3) is 0 Å². The number of rotatable bonds is 2.